The predicted molar refractivity (Wildman–Crippen MR) is 113 cm³/mol. The second-order valence-electron chi connectivity index (χ2n) is 5.94. The zero-order valence-electron chi connectivity index (χ0n) is 15.1. The third-order valence-corrected chi connectivity index (χ3v) is 5.41. The van der Waals surface area contributed by atoms with E-state index in [-0.39, 0.29) is 5.91 Å². The third-order valence-electron chi connectivity index (χ3n) is 4.00. The van der Waals surface area contributed by atoms with Crippen molar-refractivity contribution in [3.05, 3.63) is 94.5 Å². The molecule has 0 aliphatic heterocycles. The highest BCUT2D eigenvalue weighted by Crippen LogP contribution is 2.25. The largest absolute Gasteiger partial charge is 0.465 e. The summed E-state index contributed by atoms with van der Waals surface area (Å²) in [4.78, 5) is 25.4. The molecule has 0 fully saturated rings. The molecule has 0 aliphatic carbocycles. The highest BCUT2D eigenvalue weighted by Gasteiger charge is 2.12. The molecule has 1 amide bonds. The summed E-state index contributed by atoms with van der Waals surface area (Å²) in [5.41, 5.74) is 2.30. The molecule has 0 bridgehead atoms. The molecule has 3 rings (SSSR count). The first kappa shape index (κ1) is 20.0. The van der Waals surface area contributed by atoms with Crippen molar-refractivity contribution in [1.82, 2.24) is 0 Å². The predicted octanol–water partition coefficient (Wildman–Crippen LogP) is 5.67. The molecule has 142 valence electrons. The average molecular weight is 412 g/mol. The number of esters is 1. The van der Waals surface area contributed by atoms with Crippen molar-refractivity contribution in [2.24, 2.45) is 0 Å². The van der Waals surface area contributed by atoms with Crippen LogP contribution in [0.1, 0.15) is 26.3 Å². The van der Waals surface area contributed by atoms with E-state index in [1.807, 2.05) is 30.3 Å². The van der Waals surface area contributed by atoms with Crippen LogP contribution in [-0.4, -0.2) is 19.0 Å². The van der Waals surface area contributed by atoms with Gasteiger partial charge >= 0.3 is 5.97 Å². The van der Waals surface area contributed by atoms with Crippen LogP contribution in [0.15, 0.2) is 77.7 Å². The summed E-state index contributed by atoms with van der Waals surface area (Å²) in [6, 6.07) is 22.1. The number of hydrogen-bond donors (Lipinski definition) is 1. The van der Waals surface area contributed by atoms with Crippen LogP contribution in [0.25, 0.3) is 0 Å². The number of carbonyl (C=O) groups is 2. The molecular weight excluding hydrogens is 394 g/mol. The van der Waals surface area contributed by atoms with Gasteiger partial charge < -0.3 is 10.1 Å². The first-order chi connectivity index (χ1) is 13.6. The van der Waals surface area contributed by atoms with Crippen LogP contribution in [-0.2, 0) is 10.5 Å². The van der Waals surface area contributed by atoms with Crippen molar-refractivity contribution in [2.45, 2.75) is 10.6 Å². The fourth-order valence-corrected chi connectivity index (χ4v) is 3.54. The molecule has 0 atom stereocenters. The van der Waals surface area contributed by atoms with Crippen LogP contribution in [0.5, 0.6) is 0 Å². The zero-order chi connectivity index (χ0) is 19.9. The number of carbonyl (C=O) groups excluding carboxylic acids is 2. The van der Waals surface area contributed by atoms with Crippen LogP contribution < -0.4 is 5.32 Å². The molecule has 3 aromatic rings. The molecule has 0 heterocycles. The SMILES string of the molecule is COC(=O)c1ccc(Cl)c(NC(=O)c2ccc(CSc3ccccc3)cc2)c1. The van der Waals surface area contributed by atoms with Gasteiger partial charge in [0.25, 0.3) is 5.91 Å². The van der Waals surface area contributed by atoms with Gasteiger partial charge in [-0.15, -0.1) is 11.8 Å². The van der Waals surface area contributed by atoms with Crippen molar-refractivity contribution in [2.75, 3.05) is 12.4 Å². The molecule has 0 spiro atoms. The van der Waals surface area contributed by atoms with Crippen molar-refractivity contribution in [1.29, 1.82) is 0 Å². The molecule has 0 unspecified atom stereocenters. The van der Waals surface area contributed by atoms with E-state index in [1.54, 1.807) is 36.0 Å². The Bertz CT molecular complexity index is 975. The van der Waals surface area contributed by atoms with Gasteiger partial charge in [0.2, 0.25) is 0 Å². The Labute approximate surface area is 172 Å². The minimum absolute atomic E-state index is 0.300. The molecule has 4 nitrogen and oxygen atoms in total. The fourth-order valence-electron chi connectivity index (χ4n) is 2.50. The molecular formula is C22H18ClNO3S. The monoisotopic (exact) mass is 411 g/mol. The van der Waals surface area contributed by atoms with Crippen LogP contribution in [0.2, 0.25) is 5.02 Å². The van der Waals surface area contributed by atoms with E-state index in [2.05, 4.69) is 17.4 Å². The van der Waals surface area contributed by atoms with Gasteiger partial charge in [0.05, 0.1) is 23.4 Å². The Morgan fingerprint density at radius 1 is 0.964 bits per heavy atom. The zero-order valence-corrected chi connectivity index (χ0v) is 16.7. The average Bonchev–Trinajstić information content (AvgIpc) is 2.74. The number of nitrogens with one attached hydrogen (secondary N) is 1. The second-order valence-corrected chi connectivity index (χ2v) is 7.39. The Morgan fingerprint density at radius 2 is 1.64 bits per heavy atom. The highest BCUT2D eigenvalue weighted by atomic mass is 35.5. The van der Waals surface area contributed by atoms with E-state index in [0.29, 0.717) is 21.8 Å². The lowest BCUT2D eigenvalue weighted by atomic mass is 10.1. The van der Waals surface area contributed by atoms with E-state index in [0.717, 1.165) is 11.3 Å². The summed E-state index contributed by atoms with van der Waals surface area (Å²) in [5.74, 6) is 0.0254. The Kier molecular flexibility index (Phi) is 6.74. The van der Waals surface area contributed by atoms with Gasteiger partial charge in [0.15, 0.2) is 0 Å². The third kappa shape index (κ3) is 5.15. The quantitative estimate of drug-likeness (QED) is 0.419. The van der Waals surface area contributed by atoms with Gasteiger partial charge in [-0.3, -0.25) is 4.79 Å². The number of thioether (sulfide) groups is 1. The lowest BCUT2D eigenvalue weighted by Crippen LogP contribution is -2.13. The van der Waals surface area contributed by atoms with Crippen molar-refractivity contribution < 1.29 is 14.3 Å². The summed E-state index contributed by atoms with van der Waals surface area (Å²) in [6.45, 7) is 0. The first-order valence-corrected chi connectivity index (χ1v) is 9.89. The van der Waals surface area contributed by atoms with E-state index < -0.39 is 5.97 Å². The van der Waals surface area contributed by atoms with Gasteiger partial charge in [-0.1, -0.05) is 41.9 Å². The minimum atomic E-state index is -0.493. The number of methoxy groups -OCH3 is 1. The van der Waals surface area contributed by atoms with E-state index >= 15 is 0 Å². The number of benzene rings is 3. The van der Waals surface area contributed by atoms with Gasteiger partial charge in [-0.2, -0.15) is 0 Å². The van der Waals surface area contributed by atoms with E-state index in [9.17, 15) is 9.59 Å². The summed E-state index contributed by atoms with van der Waals surface area (Å²) in [6.07, 6.45) is 0. The smallest absolute Gasteiger partial charge is 0.337 e. The Morgan fingerprint density at radius 3 is 2.32 bits per heavy atom. The van der Waals surface area contributed by atoms with Crippen molar-refractivity contribution in [3.8, 4) is 0 Å². The number of rotatable bonds is 6. The standard InChI is InChI=1S/C22H18ClNO3S/c1-27-22(26)17-11-12-19(23)20(13-17)24-21(25)16-9-7-15(8-10-16)14-28-18-5-3-2-4-6-18/h2-13H,14H2,1H3,(H,24,25). The molecule has 0 aliphatic rings. The summed E-state index contributed by atoms with van der Waals surface area (Å²) in [5, 5.41) is 3.08. The highest BCUT2D eigenvalue weighted by molar-refractivity contribution is 7.98. The summed E-state index contributed by atoms with van der Waals surface area (Å²) >= 11 is 7.87. The first-order valence-electron chi connectivity index (χ1n) is 8.53. The van der Waals surface area contributed by atoms with Crippen LogP contribution in [0, 0.1) is 0 Å². The molecule has 28 heavy (non-hydrogen) atoms. The Balaban J connectivity index is 1.65. The van der Waals surface area contributed by atoms with Crippen LogP contribution in [0.4, 0.5) is 5.69 Å². The molecule has 0 radical (unpaired) electrons. The minimum Gasteiger partial charge on any atom is -0.465 e. The van der Waals surface area contributed by atoms with Crippen molar-refractivity contribution >= 4 is 40.9 Å². The summed E-state index contributed by atoms with van der Waals surface area (Å²) in [7, 11) is 1.30. The maximum atomic E-state index is 12.5. The van der Waals surface area contributed by atoms with E-state index in [1.165, 1.54) is 18.1 Å². The van der Waals surface area contributed by atoms with E-state index in [4.69, 9.17) is 16.3 Å². The van der Waals surface area contributed by atoms with Crippen LogP contribution >= 0.6 is 23.4 Å². The molecule has 6 heteroatoms. The van der Waals surface area contributed by atoms with Gasteiger partial charge in [0, 0.05) is 16.2 Å². The normalized spacial score (nSPS) is 10.4. The maximum absolute atomic E-state index is 12.5. The molecule has 0 saturated heterocycles. The number of halogens is 1. The van der Waals surface area contributed by atoms with Gasteiger partial charge in [0.1, 0.15) is 0 Å². The number of amides is 1. The topological polar surface area (TPSA) is 55.4 Å². The van der Waals surface area contributed by atoms with Crippen LogP contribution in [0.3, 0.4) is 0 Å². The Hall–Kier alpha value is -2.76. The molecule has 0 aromatic heterocycles. The molecule has 0 saturated carbocycles. The fraction of sp³-hybridized carbons (Fsp3) is 0.0909. The number of hydrogen-bond acceptors (Lipinski definition) is 4. The maximum Gasteiger partial charge on any atom is 0.337 e. The van der Waals surface area contributed by atoms with Gasteiger partial charge in [-0.05, 0) is 48.0 Å². The molecule has 3 aromatic carbocycles. The van der Waals surface area contributed by atoms with Gasteiger partial charge in [-0.25, -0.2) is 4.79 Å². The van der Waals surface area contributed by atoms with Crippen molar-refractivity contribution in [3.63, 3.8) is 0 Å². The number of ether oxygens (including phenoxy) is 1. The number of anilines is 1. The lowest BCUT2D eigenvalue weighted by molar-refractivity contribution is 0.0600. The second kappa shape index (κ2) is 9.44. The summed E-state index contributed by atoms with van der Waals surface area (Å²) < 4.78 is 4.69. The lowest BCUT2D eigenvalue weighted by Gasteiger charge is -2.09. The molecule has 1 N–H and O–H groups in total.